The van der Waals surface area contributed by atoms with Gasteiger partial charge in [-0.2, -0.15) is 0 Å². The van der Waals surface area contributed by atoms with Gasteiger partial charge in [-0.05, 0) is 0 Å². The molecule has 0 aliphatic heterocycles. The SMILES string of the molecule is C=C(F)COC(=O)O. The molecule has 0 spiro atoms. The van der Waals surface area contributed by atoms with E-state index in [4.69, 9.17) is 5.11 Å². The third-order valence-electron chi connectivity index (χ3n) is 0.352. The molecule has 1 N–H and O–H groups in total. The molecule has 46 valence electrons. The fourth-order valence-corrected chi connectivity index (χ4v) is 0.140. The number of hydrogen-bond acceptors (Lipinski definition) is 2. The first kappa shape index (κ1) is 6.94. The van der Waals surface area contributed by atoms with E-state index >= 15 is 0 Å². The van der Waals surface area contributed by atoms with Crippen molar-refractivity contribution in [2.24, 2.45) is 0 Å². The molecular weight excluding hydrogens is 115 g/mol. The van der Waals surface area contributed by atoms with Crippen molar-refractivity contribution in [3.8, 4) is 0 Å². The van der Waals surface area contributed by atoms with Gasteiger partial charge in [0.2, 0.25) is 0 Å². The minimum Gasteiger partial charge on any atom is -0.450 e. The van der Waals surface area contributed by atoms with E-state index in [1.807, 2.05) is 0 Å². The first-order chi connectivity index (χ1) is 3.63. The molecule has 0 fully saturated rings. The maximum absolute atomic E-state index is 11.5. The highest BCUT2D eigenvalue weighted by Crippen LogP contribution is 1.90. The zero-order valence-corrected chi connectivity index (χ0v) is 4.06. The maximum atomic E-state index is 11.5. The van der Waals surface area contributed by atoms with E-state index in [1.54, 1.807) is 0 Å². The molecule has 0 saturated carbocycles. The van der Waals surface area contributed by atoms with Gasteiger partial charge in [-0.15, -0.1) is 0 Å². The molecule has 4 heteroatoms. The molecule has 0 radical (unpaired) electrons. The first-order valence-electron chi connectivity index (χ1n) is 1.82. The molecule has 0 rings (SSSR count). The standard InChI is InChI=1S/C4H5FO3/c1-3(5)2-8-4(6)7/h1-2H2,(H,6,7). The summed E-state index contributed by atoms with van der Waals surface area (Å²) in [6, 6.07) is 0. The van der Waals surface area contributed by atoms with Crippen LogP contribution in [0.2, 0.25) is 0 Å². The fraction of sp³-hybridized carbons (Fsp3) is 0.250. The van der Waals surface area contributed by atoms with Gasteiger partial charge in [0, 0.05) is 0 Å². The van der Waals surface area contributed by atoms with Gasteiger partial charge in [-0.25, -0.2) is 9.18 Å². The molecular formula is C4H5FO3. The van der Waals surface area contributed by atoms with E-state index in [0.717, 1.165) is 0 Å². The van der Waals surface area contributed by atoms with Crippen molar-refractivity contribution in [3.63, 3.8) is 0 Å². The largest absolute Gasteiger partial charge is 0.506 e. The summed E-state index contributed by atoms with van der Waals surface area (Å²) in [6.07, 6.45) is -1.50. The van der Waals surface area contributed by atoms with Crippen molar-refractivity contribution < 1.29 is 19.0 Å². The molecule has 0 bridgehead atoms. The van der Waals surface area contributed by atoms with E-state index in [1.165, 1.54) is 0 Å². The van der Waals surface area contributed by atoms with Gasteiger partial charge < -0.3 is 9.84 Å². The second-order valence-electron chi connectivity index (χ2n) is 1.07. The van der Waals surface area contributed by atoms with Crippen molar-refractivity contribution in [3.05, 3.63) is 12.4 Å². The molecule has 0 unspecified atom stereocenters. The Morgan fingerprint density at radius 2 is 2.38 bits per heavy atom. The average molecular weight is 120 g/mol. The van der Waals surface area contributed by atoms with Crippen molar-refractivity contribution in [2.45, 2.75) is 0 Å². The lowest BCUT2D eigenvalue weighted by molar-refractivity contribution is 0.0952. The Morgan fingerprint density at radius 3 is 2.50 bits per heavy atom. The molecule has 3 nitrogen and oxygen atoms in total. The van der Waals surface area contributed by atoms with Gasteiger partial charge in [-0.1, -0.05) is 6.58 Å². The fourth-order valence-electron chi connectivity index (χ4n) is 0.140. The van der Waals surface area contributed by atoms with Crippen LogP contribution in [0.1, 0.15) is 0 Å². The lowest BCUT2D eigenvalue weighted by Gasteiger charge is -1.92. The first-order valence-corrected chi connectivity index (χ1v) is 1.82. The molecule has 0 aromatic carbocycles. The molecule has 0 saturated heterocycles. The third kappa shape index (κ3) is 4.94. The molecule has 0 aromatic heterocycles. The van der Waals surface area contributed by atoms with Gasteiger partial charge in [0.15, 0.2) is 0 Å². The molecule has 8 heavy (non-hydrogen) atoms. The Kier molecular flexibility index (Phi) is 2.61. The normalized spacial score (nSPS) is 8.12. The van der Waals surface area contributed by atoms with Crippen molar-refractivity contribution in [1.29, 1.82) is 0 Å². The number of rotatable bonds is 2. The van der Waals surface area contributed by atoms with Gasteiger partial charge in [0.1, 0.15) is 12.4 Å². The second kappa shape index (κ2) is 3.01. The minimum atomic E-state index is -1.50. The number of ether oxygens (including phenoxy) is 1. The summed E-state index contributed by atoms with van der Waals surface area (Å²) in [5, 5.41) is 7.73. The predicted molar refractivity (Wildman–Crippen MR) is 24.2 cm³/mol. The molecule has 0 heterocycles. The van der Waals surface area contributed by atoms with Crippen LogP contribution in [0.4, 0.5) is 9.18 Å². The van der Waals surface area contributed by atoms with Crippen LogP contribution in [0.5, 0.6) is 0 Å². The Hall–Kier alpha value is -1.06. The monoisotopic (exact) mass is 120 g/mol. The quantitative estimate of drug-likeness (QED) is 0.556. The third-order valence-corrected chi connectivity index (χ3v) is 0.352. The Labute approximate surface area is 45.4 Å². The van der Waals surface area contributed by atoms with E-state index in [2.05, 4.69) is 11.3 Å². The Balaban J connectivity index is 3.18. The summed E-state index contributed by atoms with van der Waals surface area (Å²) in [7, 11) is 0. The highest BCUT2D eigenvalue weighted by atomic mass is 19.1. The van der Waals surface area contributed by atoms with Crippen LogP contribution in [0.15, 0.2) is 12.4 Å². The van der Waals surface area contributed by atoms with Gasteiger partial charge in [0.05, 0.1) is 0 Å². The van der Waals surface area contributed by atoms with Gasteiger partial charge in [0.25, 0.3) is 0 Å². The van der Waals surface area contributed by atoms with Crippen LogP contribution >= 0.6 is 0 Å². The predicted octanol–water partition coefficient (Wildman–Crippen LogP) is 1.16. The molecule has 0 aliphatic rings. The second-order valence-corrected chi connectivity index (χ2v) is 1.07. The van der Waals surface area contributed by atoms with Crippen molar-refractivity contribution >= 4 is 6.16 Å². The summed E-state index contributed by atoms with van der Waals surface area (Å²) in [5.74, 6) is -0.799. The number of carboxylic acid groups (broad SMARTS) is 1. The lowest BCUT2D eigenvalue weighted by Crippen LogP contribution is -2.00. The van der Waals surface area contributed by atoms with E-state index in [9.17, 15) is 9.18 Å². The van der Waals surface area contributed by atoms with Crippen LogP contribution in [0.25, 0.3) is 0 Å². The van der Waals surface area contributed by atoms with Crippen LogP contribution in [-0.4, -0.2) is 17.9 Å². The average Bonchev–Trinajstić information content (AvgIpc) is 1.61. The maximum Gasteiger partial charge on any atom is 0.506 e. The van der Waals surface area contributed by atoms with Gasteiger partial charge >= 0.3 is 6.16 Å². The van der Waals surface area contributed by atoms with Crippen molar-refractivity contribution in [2.75, 3.05) is 6.61 Å². The van der Waals surface area contributed by atoms with Gasteiger partial charge in [-0.3, -0.25) is 0 Å². The highest BCUT2D eigenvalue weighted by Gasteiger charge is 1.95. The van der Waals surface area contributed by atoms with Crippen LogP contribution in [0.3, 0.4) is 0 Å². The lowest BCUT2D eigenvalue weighted by atomic mass is 10.6. The smallest absolute Gasteiger partial charge is 0.450 e. The summed E-state index contributed by atoms with van der Waals surface area (Å²) in [4.78, 5) is 9.47. The summed E-state index contributed by atoms with van der Waals surface area (Å²) in [5.41, 5.74) is 0. The zero-order chi connectivity index (χ0) is 6.57. The summed E-state index contributed by atoms with van der Waals surface area (Å²) < 4.78 is 15.2. The molecule has 0 amide bonds. The number of carbonyl (C=O) groups is 1. The Morgan fingerprint density at radius 1 is 1.88 bits per heavy atom. The van der Waals surface area contributed by atoms with E-state index in [0.29, 0.717) is 0 Å². The Bertz CT molecular complexity index is 95.9. The van der Waals surface area contributed by atoms with Crippen molar-refractivity contribution in [1.82, 2.24) is 0 Å². The van der Waals surface area contributed by atoms with E-state index < -0.39 is 18.6 Å². The topological polar surface area (TPSA) is 46.5 Å². The highest BCUT2D eigenvalue weighted by molar-refractivity contribution is 5.56. The summed E-state index contributed by atoms with van der Waals surface area (Å²) in [6.45, 7) is 2.20. The minimum absolute atomic E-state index is 0.574. The zero-order valence-electron chi connectivity index (χ0n) is 4.06. The molecule has 0 aromatic rings. The number of hydrogen-bond donors (Lipinski definition) is 1. The van der Waals surface area contributed by atoms with Crippen LogP contribution in [0, 0.1) is 0 Å². The number of halogens is 1. The van der Waals surface area contributed by atoms with E-state index in [-0.39, 0.29) is 0 Å². The molecule has 0 aliphatic carbocycles. The van der Waals surface area contributed by atoms with Crippen LogP contribution in [-0.2, 0) is 4.74 Å². The molecule has 0 atom stereocenters. The van der Waals surface area contributed by atoms with Crippen LogP contribution < -0.4 is 0 Å². The summed E-state index contributed by atoms with van der Waals surface area (Å²) >= 11 is 0.